The molecule has 0 unspecified atom stereocenters. The normalized spacial score (nSPS) is 10.3. The fraction of sp³-hybridized carbons (Fsp3) is 0. The van der Waals surface area contributed by atoms with Crippen LogP contribution >= 0.6 is 0 Å². The minimum atomic E-state index is -0.202. The first-order chi connectivity index (χ1) is 12.3. The Morgan fingerprint density at radius 1 is 0.560 bits per heavy atom. The number of benzene rings is 3. The molecule has 0 saturated heterocycles. The predicted octanol–water partition coefficient (Wildman–Crippen LogP) is 5.83. The van der Waals surface area contributed by atoms with Crippen molar-refractivity contribution in [3.05, 3.63) is 105 Å². The Morgan fingerprint density at radius 3 is 1.36 bits per heavy atom. The van der Waals surface area contributed by atoms with Crippen molar-refractivity contribution < 1.29 is 9.47 Å². The van der Waals surface area contributed by atoms with Gasteiger partial charge in [0.1, 0.15) is 11.5 Å². The Labute approximate surface area is 151 Å². The van der Waals surface area contributed by atoms with Gasteiger partial charge < -0.3 is 9.47 Å². The monoisotopic (exact) mass is 347 g/mol. The number of hydrogen-bond donors (Lipinski definition) is 0. The van der Waals surface area contributed by atoms with Crippen LogP contribution in [0.4, 0.5) is 0 Å². The second kappa shape index (κ2) is 8.27. The van der Waals surface area contributed by atoms with Crippen molar-refractivity contribution in [3.8, 4) is 11.5 Å². The summed E-state index contributed by atoms with van der Waals surface area (Å²) in [5.41, 5.74) is 0. The lowest BCUT2D eigenvalue weighted by Crippen LogP contribution is -2.04. The molecule has 3 heteroatoms. The molecule has 0 radical (unpaired) electrons. The van der Waals surface area contributed by atoms with Gasteiger partial charge in [-0.2, -0.15) is 0 Å². The highest BCUT2D eigenvalue weighted by molar-refractivity contribution is 7.97. The molecule has 0 N–H and O–H groups in total. The van der Waals surface area contributed by atoms with Gasteiger partial charge >= 0.3 is 0 Å². The summed E-state index contributed by atoms with van der Waals surface area (Å²) in [7, 11) is -0.202. The molecule has 0 aromatic heterocycles. The number of hydrogen-bond acceptors (Lipinski definition) is 2. The van der Waals surface area contributed by atoms with E-state index < -0.39 is 0 Å². The van der Waals surface area contributed by atoms with Crippen LogP contribution in [0.1, 0.15) is 0 Å². The Bertz CT molecular complexity index is 771. The van der Waals surface area contributed by atoms with Gasteiger partial charge in [0.15, 0.2) is 14.7 Å². The van der Waals surface area contributed by atoms with Crippen molar-refractivity contribution in [2.75, 3.05) is 0 Å². The van der Waals surface area contributed by atoms with Gasteiger partial charge in [0.25, 0.3) is 0 Å². The molecule has 0 aliphatic rings. The highest BCUT2D eigenvalue weighted by atomic mass is 32.2. The molecule has 25 heavy (non-hydrogen) atoms. The fourth-order valence-electron chi connectivity index (χ4n) is 2.47. The van der Waals surface area contributed by atoms with E-state index in [4.69, 9.17) is 9.47 Å². The minimum absolute atomic E-state index is 0.202. The van der Waals surface area contributed by atoms with Crippen LogP contribution in [-0.4, -0.2) is 0 Å². The van der Waals surface area contributed by atoms with Gasteiger partial charge in [-0.1, -0.05) is 31.4 Å². The Kier molecular flexibility index (Phi) is 5.60. The predicted molar refractivity (Wildman–Crippen MR) is 103 cm³/mol. The lowest BCUT2D eigenvalue weighted by molar-refractivity contribution is 0.483. The molecular formula is C22H19O2S+. The van der Waals surface area contributed by atoms with E-state index in [9.17, 15) is 0 Å². The first kappa shape index (κ1) is 16.9. The van der Waals surface area contributed by atoms with E-state index in [1.165, 1.54) is 27.2 Å². The van der Waals surface area contributed by atoms with Crippen LogP contribution in [0, 0.1) is 0 Å². The van der Waals surface area contributed by atoms with Gasteiger partial charge in [-0.05, 0) is 60.7 Å². The van der Waals surface area contributed by atoms with Gasteiger partial charge in [0.2, 0.25) is 0 Å². The summed E-state index contributed by atoms with van der Waals surface area (Å²) in [6.45, 7) is 7.19. The van der Waals surface area contributed by atoms with E-state index in [1.54, 1.807) is 0 Å². The van der Waals surface area contributed by atoms with E-state index in [1.807, 2.05) is 30.3 Å². The molecule has 2 nitrogen and oxygen atoms in total. The summed E-state index contributed by atoms with van der Waals surface area (Å²) >= 11 is 0. The van der Waals surface area contributed by atoms with E-state index >= 15 is 0 Å². The third-order valence-electron chi connectivity index (χ3n) is 3.54. The topological polar surface area (TPSA) is 18.5 Å². The second-order valence-corrected chi connectivity index (χ2v) is 7.16. The van der Waals surface area contributed by atoms with E-state index in [0.29, 0.717) is 0 Å². The smallest absolute Gasteiger partial charge is 0.166 e. The van der Waals surface area contributed by atoms with E-state index in [-0.39, 0.29) is 10.9 Å². The number of ether oxygens (including phenoxy) is 2. The largest absolute Gasteiger partial charge is 0.466 e. The van der Waals surface area contributed by atoms with Gasteiger partial charge in [0.05, 0.1) is 23.4 Å². The van der Waals surface area contributed by atoms with Crippen LogP contribution in [-0.2, 0) is 10.9 Å². The molecule has 0 aliphatic heterocycles. The summed E-state index contributed by atoms with van der Waals surface area (Å²) in [5.74, 6) is 1.56. The molecule has 3 aromatic carbocycles. The molecule has 0 bridgehead atoms. The van der Waals surface area contributed by atoms with Crippen LogP contribution < -0.4 is 9.47 Å². The Hall–Kier alpha value is -2.91. The lowest BCUT2D eigenvalue weighted by Gasteiger charge is -2.09. The first-order valence-electron chi connectivity index (χ1n) is 7.86. The molecule has 124 valence electrons. The average Bonchev–Trinajstić information content (AvgIpc) is 2.66. The maximum absolute atomic E-state index is 5.34. The third kappa shape index (κ3) is 4.14. The molecule has 0 atom stereocenters. The maximum Gasteiger partial charge on any atom is 0.166 e. The quantitative estimate of drug-likeness (QED) is 0.396. The molecule has 0 fully saturated rings. The van der Waals surface area contributed by atoms with Gasteiger partial charge in [-0.25, -0.2) is 0 Å². The van der Waals surface area contributed by atoms with Gasteiger partial charge in [0, 0.05) is 0 Å². The highest BCUT2D eigenvalue weighted by Gasteiger charge is 2.28. The summed E-state index contributed by atoms with van der Waals surface area (Å²) in [6, 6.07) is 26.8. The molecule has 0 heterocycles. The van der Waals surface area contributed by atoms with Gasteiger partial charge in [-0.15, -0.1) is 0 Å². The summed E-state index contributed by atoms with van der Waals surface area (Å²) in [5, 5.41) is 0. The molecule has 0 spiro atoms. The van der Waals surface area contributed by atoms with E-state index in [0.717, 1.165) is 11.5 Å². The van der Waals surface area contributed by atoms with Crippen molar-refractivity contribution in [1.82, 2.24) is 0 Å². The fourth-order valence-corrected chi connectivity index (χ4v) is 4.53. The van der Waals surface area contributed by atoms with Crippen molar-refractivity contribution >= 4 is 10.9 Å². The van der Waals surface area contributed by atoms with E-state index in [2.05, 4.69) is 61.7 Å². The van der Waals surface area contributed by atoms with Crippen LogP contribution in [0.2, 0.25) is 0 Å². The zero-order chi connectivity index (χ0) is 17.5. The standard InChI is InChI=1S/C22H19O2S/c1-3-23-18-10-14-21(15-11-18)25(20-8-6-5-7-9-20)22-16-12-19(13-17-22)24-4-2/h3-17H,1-2H2/q+1. The molecule has 3 aromatic rings. The molecular weight excluding hydrogens is 328 g/mol. The SMILES string of the molecule is C=COc1ccc([S+](c2ccccc2)c2ccc(OC=C)cc2)cc1. The van der Waals surface area contributed by atoms with Crippen molar-refractivity contribution in [1.29, 1.82) is 0 Å². The van der Waals surface area contributed by atoms with Crippen molar-refractivity contribution in [2.45, 2.75) is 14.7 Å². The summed E-state index contributed by atoms with van der Waals surface area (Å²) in [6.07, 6.45) is 2.87. The second-order valence-electron chi connectivity index (χ2n) is 5.13. The average molecular weight is 347 g/mol. The Balaban J connectivity index is 2.00. The van der Waals surface area contributed by atoms with Gasteiger partial charge in [-0.3, -0.25) is 0 Å². The van der Waals surface area contributed by atoms with Crippen molar-refractivity contribution in [3.63, 3.8) is 0 Å². The zero-order valence-electron chi connectivity index (χ0n) is 13.8. The third-order valence-corrected chi connectivity index (χ3v) is 5.77. The van der Waals surface area contributed by atoms with Crippen LogP contribution in [0.25, 0.3) is 0 Å². The molecule has 0 amide bonds. The lowest BCUT2D eigenvalue weighted by atomic mass is 10.3. The molecule has 0 aliphatic carbocycles. The summed E-state index contributed by atoms with van der Waals surface area (Å²) < 4.78 is 10.7. The first-order valence-corrected chi connectivity index (χ1v) is 9.09. The van der Waals surface area contributed by atoms with Crippen LogP contribution in [0.5, 0.6) is 11.5 Å². The zero-order valence-corrected chi connectivity index (χ0v) is 14.6. The maximum atomic E-state index is 5.34. The highest BCUT2D eigenvalue weighted by Crippen LogP contribution is 2.33. The Morgan fingerprint density at radius 2 is 0.960 bits per heavy atom. The van der Waals surface area contributed by atoms with Crippen LogP contribution in [0.15, 0.2) is 119 Å². The number of rotatable bonds is 7. The summed E-state index contributed by atoms with van der Waals surface area (Å²) in [4.78, 5) is 3.71. The molecule has 3 rings (SSSR count). The van der Waals surface area contributed by atoms with Crippen LogP contribution in [0.3, 0.4) is 0 Å². The minimum Gasteiger partial charge on any atom is -0.466 e. The van der Waals surface area contributed by atoms with Crippen molar-refractivity contribution in [2.24, 2.45) is 0 Å². The molecule has 0 saturated carbocycles.